The minimum atomic E-state index is 0.0624. The maximum Gasteiger partial charge on any atom is 0.0725 e. The summed E-state index contributed by atoms with van der Waals surface area (Å²) in [5.41, 5.74) is 13.7. The minimum Gasteiger partial charge on any atom is -0.258 e. The number of hydrogen-bond acceptors (Lipinski definition) is 3. The molecule has 0 saturated heterocycles. The van der Waals surface area contributed by atoms with E-state index >= 15 is 0 Å². The summed E-state index contributed by atoms with van der Waals surface area (Å²) in [4.78, 5) is 0. The lowest BCUT2D eigenvalue weighted by Gasteiger charge is -2.18. The Morgan fingerprint density at radius 2 is 0.966 bits per heavy atom. The maximum absolute atomic E-state index is 5.34. The van der Waals surface area contributed by atoms with Crippen LogP contribution in [-0.2, 0) is 6.42 Å². The Balaban J connectivity index is 0.000000144. The van der Waals surface area contributed by atoms with Crippen LogP contribution in [0, 0.1) is 0 Å². The van der Waals surface area contributed by atoms with Crippen molar-refractivity contribution < 1.29 is 0 Å². The summed E-state index contributed by atoms with van der Waals surface area (Å²) in [6.07, 6.45) is 1.10. The van der Waals surface area contributed by atoms with Gasteiger partial charge in [-0.3, -0.25) is 5.84 Å². The summed E-state index contributed by atoms with van der Waals surface area (Å²) < 4.78 is 0. The van der Waals surface area contributed by atoms with E-state index in [0.717, 1.165) is 6.42 Å². The van der Waals surface area contributed by atoms with Crippen molar-refractivity contribution in [1.29, 1.82) is 0 Å². The average molecular weight is 380 g/mol. The van der Waals surface area contributed by atoms with E-state index in [0.29, 0.717) is 0 Å². The fourth-order valence-corrected chi connectivity index (χ4v) is 3.81. The highest BCUT2D eigenvalue weighted by molar-refractivity contribution is 5.76. The molecule has 5 rings (SSSR count). The van der Waals surface area contributed by atoms with E-state index in [1.165, 1.54) is 33.4 Å². The highest BCUT2D eigenvalue weighted by Crippen LogP contribution is 2.35. The summed E-state index contributed by atoms with van der Waals surface area (Å²) in [5, 5.41) is 0. The second-order valence-corrected chi connectivity index (χ2v) is 7.03. The van der Waals surface area contributed by atoms with Gasteiger partial charge in [-0.1, -0.05) is 109 Å². The fraction of sp³-hybridized carbons (Fsp3) is 0.0769. The topological polar surface area (TPSA) is 50.1 Å². The van der Waals surface area contributed by atoms with Crippen LogP contribution in [0.1, 0.15) is 28.3 Å². The first-order chi connectivity index (χ1) is 14.4. The summed E-state index contributed by atoms with van der Waals surface area (Å²) in [5.74, 6) is 5.34. The quantitative estimate of drug-likeness (QED) is 0.304. The molecule has 4 aromatic rings. The van der Waals surface area contributed by atoms with Crippen LogP contribution >= 0.6 is 0 Å². The molecule has 29 heavy (non-hydrogen) atoms. The molecule has 4 N–H and O–H groups in total. The molecular weight excluding hydrogens is 354 g/mol. The van der Waals surface area contributed by atoms with Gasteiger partial charge in [0.15, 0.2) is 0 Å². The second-order valence-electron chi connectivity index (χ2n) is 7.03. The van der Waals surface area contributed by atoms with Gasteiger partial charge in [-0.25, -0.2) is 5.43 Å². The Hall–Kier alpha value is -3.24. The normalized spacial score (nSPS) is 11.4. The van der Waals surface area contributed by atoms with Crippen LogP contribution in [0.4, 0.5) is 0 Å². The van der Waals surface area contributed by atoms with Crippen molar-refractivity contribution in [2.75, 3.05) is 0 Å². The van der Waals surface area contributed by atoms with Crippen LogP contribution in [0.3, 0.4) is 0 Å². The van der Waals surface area contributed by atoms with Crippen LogP contribution in [-0.4, -0.2) is 0 Å². The largest absolute Gasteiger partial charge is 0.258 e. The molecule has 0 aliphatic heterocycles. The summed E-state index contributed by atoms with van der Waals surface area (Å²) >= 11 is 0. The van der Waals surface area contributed by atoms with Gasteiger partial charge in [-0.15, -0.1) is 0 Å². The molecule has 3 heteroatoms. The zero-order chi connectivity index (χ0) is 19.9. The molecule has 1 aliphatic carbocycles. The van der Waals surface area contributed by atoms with E-state index in [4.69, 9.17) is 5.84 Å². The van der Waals surface area contributed by atoms with Gasteiger partial charge in [0.25, 0.3) is 0 Å². The van der Waals surface area contributed by atoms with Crippen molar-refractivity contribution in [1.82, 2.24) is 11.0 Å². The second kappa shape index (κ2) is 9.30. The van der Waals surface area contributed by atoms with E-state index in [-0.39, 0.29) is 6.04 Å². The van der Waals surface area contributed by atoms with Crippen molar-refractivity contribution in [3.8, 4) is 11.1 Å². The third-order valence-corrected chi connectivity index (χ3v) is 5.20. The Morgan fingerprint density at radius 3 is 1.41 bits per heavy atom. The van der Waals surface area contributed by atoms with Crippen LogP contribution in [0.2, 0.25) is 0 Å². The van der Waals surface area contributed by atoms with Crippen LogP contribution in [0.25, 0.3) is 11.1 Å². The maximum atomic E-state index is 5.34. The number of nitrogens with two attached hydrogens (primary N) is 1. The van der Waals surface area contributed by atoms with Crippen molar-refractivity contribution in [2.45, 2.75) is 12.5 Å². The molecule has 0 saturated carbocycles. The van der Waals surface area contributed by atoms with E-state index in [1.807, 2.05) is 36.4 Å². The number of rotatable bonds is 4. The highest BCUT2D eigenvalue weighted by atomic mass is 15.5. The molecular formula is C26H25N3. The van der Waals surface area contributed by atoms with Gasteiger partial charge in [0.2, 0.25) is 0 Å². The molecule has 0 bridgehead atoms. The number of benzene rings is 4. The lowest BCUT2D eigenvalue weighted by Crippen LogP contribution is -2.40. The first-order valence-electron chi connectivity index (χ1n) is 9.84. The van der Waals surface area contributed by atoms with Crippen molar-refractivity contribution >= 4 is 0 Å². The van der Waals surface area contributed by atoms with Crippen LogP contribution in [0.5, 0.6) is 0 Å². The van der Waals surface area contributed by atoms with Crippen LogP contribution in [0.15, 0.2) is 109 Å². The van der Waals surface area contributed by atoms with Crippen LogP contribution < -0.4 is 16.8 Å². The van der Waals surface area contributed by atoms with Gasteiger partial charge < -0.3 is 0 Å². The Labute approximate surface area is 172 Å². The zero-order valence-corrected chi connectivity index (χ0v) is 16.3. The molecule has 0 radical (unpaired) electrons. The monoisotopic (exact) mass is 379 g/mol. The first kappa shape index (κ1) is 19.1. The molecule has 144 valence electrons. The SMILES string of the molecule is NNNC(c1ccccc1)c1ccccc1.c1ccc2c(c1)Cc1ccccc1-2. The molecule has 0 heterocycles. The summed E-state index contributed by atoms with van der Waals surface area (Å²) in [6.45, 7) is 0. The third kappa shape index (κ3) is 4.44. The van der Waals surface area contributed by atoms with E-state index in [1.54, 1.807) is 0 Å². The minimum absolute atomic E-state index is 0.0624. The molecule has 1 aliphatic rings. The van der Waals surface area contributed by atoms with Gasteiger partial charge in [0, 0.05) is 0 Å². The first-order valence-corrected chi connectivity index (χ1v) is 9.84. The van der Waals surface area contributed by atoms with Gasteiger partial charge in [-0.2, -0.15) is 5.53 Å². The predicted octanol–water partition coefficient (Wildman–Crippen LogP) is 5.00. The predicted molar refractivity (Wildman–Crippen MR) is 120 cm³/mol. The number of hydrazine groups is 2. The van der Waals surface area contributed by atoms with Gasteiger partial charge in [0.1, 0.15) is 0 Å². The molecule has 0 unspecified atom stereocenters. The Bertz CT molecular complexity index is 963. The van der Waals surface area contributed by atoms with E-state index in [9.17, 15) is 0 Å². The van der Waals surface area contributed by atoms with Crippen molar-refractivity contribution in [2.24, 2.45) is 5.84 Å². The molecule has 0 fully saturated rings. The molecule has 0 aromatic heterocycles. The van der Waals surface area contributed by atoms with Crippen molar-refractivity contribution in [3.63, 3.8) is 0 Å². The lowest BCUT2D eigenvalue weighted by atomic mass is 10.00. The highest BCUT2D eigenvalue weighted by Gasteiger charge is 2.16. The van der Waals surface area contributed by atoms with E-state index < -0.39 is 0 Å². The molecule has 0 amide bonds. The average Bonchev–Trinajstić information content (AvgIpc) is 3.18. The summed E-state index contributed by atoms with van der Waals surface area (Å²) in [6, 6.07) is 37.7. The fourth-order valence-electron chi connectivity index (χ4n) is 3.81. The van der Waals surface area contributed by atoms with Gasteiger partial charge in [-0.05, 0) is 39.8 Å². The Morgan fingerprint density at radius 1 is 0.552 bits per heavy atom. The molecule has 3 nitrogen and oxygen atoms in total. The van der Waals surface area contributed by atoms with Gasteiger partial charge in [0.05, 0.1) is 6.04 Å². The number of nitrogens with one attached hydrogen (secondary N) is 2. The van der Waals surface area contributed by atoms with Gasteiger partial charge >= 0.3 is 0 Å². The van der Waals surface area contributed by atoms with E-state index in [2.05, 4.69) is 83.8 Å². The van der Waals surface area contributed by atoms with Crippen molar-refractivity contribution in [3.05, 3.63) is 131 Å². The molecule has 0 spiro atoms. The number of hydrogen-bond donors (Lipinski definition) is 3. The summed E-state index contributed by atoms with van der Waals surface area (Å²) in [7, 11) is 0. The number of fused-ring (bicyclic) bond motifs is 3. The standard InChI is InChI=1S/C13H15N3.C13H10/c14-16-15-13(11-7-3-1-4-8-11)12-9-5-2-6-10-12;1-3-7-12-10(5-1)9-11-6-2-4-8-13(11)12/h1-10,13,15-16H,14H2;1-8H,9H2. The smallest absolute Gasteiger partial charge is 0.0725 e. The molecule has 0 atom stereocenters. The lowest BCUT2D eigenvalue weighted by molar-refractivity contribution is 0.496. The Kier molecular flexibility index (Phi) is 6.13. The zero-order valence-electron chi connectivity index (χ0n) is 16.3. The third-order valence-electron chi connectivity index (χ3n) is 5.20. The molecule has 4 aromatic carbocycles.